The van der Waals surface area contributed by atoms with Gasteiger partial charge >= 0.3 is 0 Å². The number of rotatable bonds is 7. The van der Waals surface area contributed by atoms with Gasteiger partial charge in [0.1, 0.15) is 11.5 Å². The highest BCUT2D eigenvalue weighted by Gasteiger charge is 2.46. The maximum Gasteiger partial charge on any atom is 0.295 e. The van der Waals surface area contributed by atoms with Crippen LogP contribution >= 0.6 is 0 Å². The molecule has 174 valence electrons. The fourth-order valence-corrected chi connectivity index (χ4v) is 4.13. The molecule has 1 fully saturated rings. The van der Waals surface area contributed by atoms with E-state index in [1.54, 1.807) is 42.7 Å². The molecule has 6 heteroatoms. The molecule has 0 unspecified atom stereocenters. The van der Waals surface area contributed by atoms with Crippen molar-refractivity contribution in [1.82, 2.24) is 9.88 Å². The van der Waals surface area contributed by atoms with E-state index in [0.717, 1.165) is 23.1 Å². The Morgan fingerprint density at radius 3 is 2.32 bits per heavy atom. The number of aliphatic hydroxyl groups is 1. The first-order valence-electron chi connectivity index (χ1n) is 11.4. The molecule has 0 radical (unpaired) electrons. The van der Waals surface area contributed by atoms with Crippen molar-refractivity contribution in [2.24, 2.45) is 0 Å². The number of likely N-dealkylation sites (tertiary alicyclic amines) is 1. The van der Waals surface area contributed by atoms with Gasteiger partial charge in [0.05, 0.1) is 17.7 Å². The molecule has 1 aliphatic heterocycles. The lowest BCUT2D eigenvalue weighted by Gasteiger charge is -2.25. The third-order valence-corrected chi connectivity index (χ3v) is 5.82. The van der Waals surface area contributed by atoms with Crippen LogP contribution in [0.2, 0.25) is 0 Å². The lowest BCUT2D eigenvalue weighted by atomic mass is 9.94. The summed E-state index contributed by atoms with van der Waals surface area (Å²) in [7, 11) is 0. The molecule has 1 aliphatic rings. The molecular weight excluding hydrogens is 428 g/mol. The summed E-state index contributed by atoms with van der Waals surface area (Å²) in [5.74, 6) is -0.883. The minimum Gasteiger partial charge on any atom is -0.507 e. The third kappa shape index (κ3) is 4.71. The number of benzene rings is 2. The molecule has 0 aliphatic carbocycles. The number of aryl methyl sites for hydroxylation is 1. The minimum atomic E-state index is -0.710. The Morgan fingerprint density at radius 1 is 1.03 bits per heavy atom. The first-order valence-corrected chi connectivity index (χ1v) is 11.4. The summed E-state index contributed by atoms with van der Waals surface area (Å²) in [6, 6.07) is 17.6. The average molecular weight is 457 g/mol. The number of ether oxygens (including phenoxy) is 1. The monoisotopic (exact) mass is 456 g/mol. The molecule has 1 atom stereocenters. The van der Waals surface area contributed by atoms with Gasteiger partial charge in [0, 0.05) is 24.5 Å². The fourth-order valence-electron chi connectivity index (χ4n) is 4.13. The van der Waals surface area contributed by atoms with Crippen LogP contribution in [0.3, 0.4) is 0 Å². The Morgan fingerprint density at radius 2 is 1.74 bits per heavy atom. The number of aliphatic hydroxyl groups excluding tert-OH is 1. The van der Waals surface area contributed by atoms with Gasteiger partial charge in [0.2, 0.25) is 0 Å². The van der Waals surface area contributed by atoms with E-state index in [1.807, 2.05) is 44.2 Å². The Bertz CT molecular complexity index is 1200. The molecule has 0 spiro atoms. The quantitative estimate of drug-likeness (QED) is 0.306. The van der Waals surface area contributed by atoms with E-state index in [4.69, 9.17) is 4.74 Å². The number of nitrogens with zero attached hydrogens (tertiary/aromatic N) is 2. The van der Waals surface area contributed by atoms with Crippen LogP contribution in [0, 0.1) is 0 Å². The second-order valence-corrected chi connectivity index (χ2v) is 8.57. The zero-order valence-electron chi connectivity index (χ0n) is 19.6. The highest BCUT2D eigenvalue weighted by molar-refractivity contribution is 6.46. The van der Waals surface area contributed by atoms with E-state index in [0.29, 0.717) is 11.3 Å². The zero-order valence-corrected chi connectivity index (χ0v) is 19.6. The van der Waals surface area contributed by atoms with Crippen LogP contribution in [-0.4, -0.2) is 32.8 Å². The summed E-state index contributed by atoms with van der Waals surface area (Å²) >= 11 is 0. The Kier molecular flexibility index (Phi) is 6.77. The van der Waals surface area contributed by atoms with E-state index in [-0.39, 0.29) is 24.0 Å². The predicted molar refractivity (Wildman–Crippen MR) is 130 cm³/mol. The Balaban J connectivity index is 1.79. The van der Waals surface area contributed by atoms with Crippen LogP contribution in [0.5, 0.6) is 5.75 Å². The molecule has 2 heterocycles. The summed E-state index contributed by atoms with van der Waals surface area (Å²) in [6.07, 6.45) is 4.22. The van der Waals surface area contributed by atoms with Crippen molar-refractivity contribution in [2.45, 2.75) is 45.9 Å². The fraction of sp³-hybridized carbons (Fsp3) is 0.250. The highest BCUT2D eigenvalue weighted by Crippen LogP contribution is 2.40. The largest absolute Gasteiger partial charge is 0.507 e. The predicted octanol–water partition coefficient (Wildman–Crippen LogP) is 5.05. The summed E-state index contributed by atoms with van der Waals surface area (Å²) in [5.41, 5.74) is 3.24. The molecule has 1 saturated heterocycles. The van der Waals surface area contributed by atoms with Crippen molar-refractivity contribution in [3.8, 4) is 5.75 Å². The lowest BCUT2D eigenvalue weighted by molar-refractivity contribution is -0.140. The molecule has 6 nitrogen and oxygen atoms in total. The van der Waals surface area contributed by atoms with Crippen molar-refractivity contribution in [1.29, 1.82) is 0 Å². The van der Waals surface area contributed by atoms with Crippen LogP contribution in [0.15, 0.2) is 78.6 Å². The molecule has 34 heavy (non-hydrogen) atoms. The lowest BCUT2D eigenvalue weighted by Crippen LogP contribution is -2.29. The van der Waals surface area contributed by atoms with Gasteiger partial charge in [-0.1, -0.05) is 37.3 Å². The van der Waals surface area contributed by atoms with Crippen molar-refractivity contribution < 1.29 is 19.4 Å². The summed E-state index contributed by atoms with van der Waals surface area (Å²) in [5, 5.41) is 11.2. The molecule has 0 saturated carbocycles. The summed E-state index contributed by atoms with van der Waals surface area (Å²) < 4.78 is 5.68. The molecule has 1 amide bonds. The highest BCUT2D eigenvalue weighted by atomic mass is 16.5. The molecule has 2 aromatic carbocycles. The Hall–Kier alpha value is -3.93. The number of pyridine rings is 1. The molecule has 1 N–H and O–H groups in total. The summed E-state index contributed by atoms with van der Waals surface area (Å²) in [4.78, 5) is 31.9. The maximum absolute atomic E-state index is 13.2. The normalized spacial score (nSPS) is 17.4. The van der Waals surface area contributed by atoms with E-state index < -0.39 is 17.7 Å². The van der Waals surface area contributed by atoms with Crippen LogP contribution in [0.25, 0.3) is 5.76 Å². The number of carbonyl (C=O) groups excluding carboxylic acids is 2. The van der Waals surface area contributed by atoms with Crippen LogP contribution < -0.4 is 4.74 Å². The molecule has 4 rings (SSSR count). The van der Waals surface area contributed by atoms with Gasteiger partial charge in [-0.3, -0.25) is 14.6 Å². The van der Waals surface area contributed by atoms with Gasteiger partial charge in [-0.15, -0.1) is 0 Å². The van der Waals surface area contributed by atoms with E-state index in [2.05, 4.69) is 11.9 Å². The number of carbonyl (C=O) groups is 2. The standard InChI is InChI=1S/C28H28N2O4/c1-4-19-7-9-21(10-8-19)25-24(26(31)22-11-13-23(14-12-22)34-18(2)3)27(32)28(33)30(25)17-20-6-5-15-29-16-20/h5-16,18,25,31H,4,17H2,1-3H3/t25-/m1/s1. The minimum absolute atomic E-state index is 0.0170. The van der Waals surface area contributed by atoms with Gasteiger partial charge < -0.3 is 14.7 Å². The smallest absolute Gasteiger partial charge is 0.295 e. The third-order valence-electron chi connectivity index (χ3n) is 5.82. The van der Waals surface area contributed by atoms with Crippen molar-refractivity contribution in [2.75, 3.05) is 0 Å². The number of aromatic nitrogens is 1. The first kappa shape index (κ1) is 23.2. The number of amides is 1. The second-order valence-electron chi connectivity index (χ2n) is 8.57. The molecule has 1 aromatic heterocycles. The second kappa shape index (κ2) is 9.91. The topological polar surface area (TPSA) is 79.7 Å². The first-order chi connectivity index (χ1) is 16.4. The number of Topliss-reactive ketones (excluding diaryl/α,β-unsaturated/α-hetero) is 1. The molecule has 3 aromatic rings. The van der Waals surface area contributed by atoms with Crippen molar-refractivity contribution in [3.63, 3.8) is 0 Å². The number of hydrogen-bond acceptors (Lipinski definition) is 5. The molecular formula is C28H28N2O4. The van der Waals surface area contributed by atoms with Gasteiger partial charge in [0.15, 0.2) is 0 Å². The molecule has 0 bridgehead atoms. The number of hydrogen-bond donors (Lipinski definition) is 1. The number of ketones is 1. The average Bonchev–Trinajstić information content (AvgIpc) is 3.09. The maximum atomic E-state index is 13.2. The summed E-state index contributed by atoms with van der Waals surface area (Å²) in [6.45, 7) is 6.13. The van der Waals surface area contributed by atoms with Gasteiger partial charge in [-0.2, -0.15) is 0 Å². The van der Waals surface area contributed by atoms with Crippen molar-refractivity contribution >= 4 is 17.4 Å². The van der Waals surface area contributed by atoms with Crippen LogP contribution in [-0.2, 0) is 22.6 Å². The van der Waals surface area contributed by atoms with E-state index >= 15 is 0 Å². The van der Waals surface area contributed by atoms with Crippen LogP contribution in [0.1, 0.15) is 49.1 Å². The zero-order chi connectivity index (χ0) is 24.2. The SMILES string of the molecule is CCc1ccc([C@@H]2C(=C(O)c3ccc(OC(C)C)cc3)C(=O)C(=O)N2Cc2cccnc2)cc1. The van der Waals surface area contributed by atoms with E-state index in [9.17, 15) is 14.7 Å². The van der Waals surface area contributed by atoms with Gasteiger partial charge in [0.25, 0.3) is 11.7 Å². The Labute approximate surface area is 199 Å². The van der Waals surface area contributed by atoms with Gasteiger partial charge in [-0.05, 0) is 67.3 Å². The van der Waals surface area contributed by atoms with Crippen LogP contribution in [0.4, 0.5) is 0 Å². The van der Waals surface area contributed by atoms with Crippen molar-refractivity contribution in [3.05, 3.63) is 101 Å². The van der Waals surface area contributed by atoms with E-state index in [1.165, 1.54) is 4.90 Å². The van der Waals surface area contributed by atoms with Gasteiger partial charge in [-0.25, -0.2) is 0 Å².